The molecule has 1 aromatic rings. The monoisotopic (exact) mass is 263 g/mol. The van der Waals surface area contributed by atoms with Crippen LogP contribution in [-0.4, -0.2) is 47.5 Å². The molecule has 5 heteroatoms. The quantitative estimate of drug-likeness (QED) is 0.874. The zero-order valence-electron chi connectivity index (χ0n) is 11.8. The Bertz CT molecular complexity index is 408. The molecule has 0 aromatic carbocycles. The van der Waals surface area contributed by atoms with E-state index >= 15 is 0 Å². The fraction of sp³-hybridized carbons (Fsp3) is 0.786. The highest BCUT2D eigenvalue weighted by atomic mass is 15.7. The molecular weight excluding hydrogens is 238 g/mol. The third-order valence-corrected chi connectivity index (χ3v) is 4.68. The standard InChI is InChI=1S/C14H25N5/c1-17-8-5-12(6-9-17)14-4-2-3-7-18(14)19-11-13(15)10-16-19/h10-12,14H,2-9,15H2,1H3. The number of hydrogen-bond donors (Lipinski definition) is 1. The molecule has 5 nitrogen and oxygen atoms in total. The Hall–Kier alpha value is -1.23. The molecule has 2 saturated heterocycles. The highest BCUT2D eigenvalue weighted by Crippen LogP contribution is 2.29. The number of anilines is 1. The molecular formula is C14H25N5. The SMILES string of the molecule is CN1CCC(C2CCCCN2n2cc(N)cn2)CC1. The van der Waals surface area contributed by atoms with Gasteiger partial charge in [0.25, 0.3) is 0 Å². The Labute approximate surface area is 115 Å². The zero-order valence-corrected chi connectivity index (χ0v) is 11.8. The molecule has 106 valence electrons. The van der Waals surface area contributed by atoms with Crippen molar-refractivity contribution in [3.05, 3.63) is 12.4 Å². The molecule has 0 bridgehead atoms. The van der Waals surface area contributed by atoms with Crippen LogP contribution in [0.25, 0.3) is 0 Å². The average Bonchev–Trinajstić information content (AvgIpc) is 2.86. The van der Waals surface area contributed by atoms with Crippen LogP contribution in [0.2, 0.25) is 0 Å². The molecule has 2 N–H and O–H groups in total. The average molecular weight is 263 g/mol. The summed E-state index contributed by atoms with van der Waals surface area (Å²) in [7, 11) is 2.23. The fourth-order valence-electron chi connectivity index (χ4n) is 3.56. The summed E-state index contributed by atoms with van der Waals surface area (Å²) in [6.07, 6.45) is 10.2. The van der Waals surface area contributed by atoms with Gasteiger partial charge in [0, 0.05) is 12.6 Å². The van der Waals surface area contributed by atoms with Crippen molar-refractivity contribution in [3.8, 4) is 0 Å². The second-order valence-electron chi connectivity index (χ2n) is 6.06. The summed E-state index contributed by atoms with van der Waals surface area (Å²) in [4.78, 5) is 4.42. The summed E-state index contributed by atoms with van der Waals surface area (Å²) in [6.45, 7) is 3.57. The molecule has 0 radical (unpaired) electrons. The minimum atomic E-state index is 0.641. The molecule has 2 fully saturated rings. The molecule has 19 heavy (non-hydrogen) atoms. The number of hydrogen-bond acceptors (Lipinski definition) is 4. The molecule has 3 heterocycles. The van der Waals surface area contributed by atoms with Crippen molar-refractivity contribution in [2.24, 2.45) is 5.92 Å². The van der Waals surface area contributed by atoms with Crippen molar-refractivity contribution < 1.29 is 0 Å². The van der Waals surface area contributed by atoms with E-state index in [-0.39, 0.29) is 0 Å². The highest BCUT2D eigenvalue weighted by molar-refractivity contribution is 5.31. The molecule has 0 saturated carbocycles. The van der Waals surface area contributed by atoms with Gasteiger partial charge in [-0.2, -0.15) is 9.89 Å². The van der Waals surface area contributed by atoms with Gasteiger partial charge in [-0.1, -0.05) is 0 Å². The van der Waals surface area contributed by atoms with Gasteiger partial charge in [-0.25, -0.2) is 0 Å². The zero-order chi connectivity index (χ0) is 13.2. The maximum absolute atomic E-state index is 5.81. The minimum Gasteiger partial charge on any atom is -0.396 e. The molecule has 0 amide bonds. The molecule has 2 aliphatic heterocycles. The molecule has 1 aromatic heterocycles. The van der Waals surface area contributed by atoms with Crippen LogP contribution in [0, 0.1) is 5.92 Å². The number of likely N-dealkylation sites (tertiary alicyclic amines) is 1. The van der Waals surface area contributed by atoms with Crippen molar-refractivity contribution in [2.45, 2.75) is 38.1 Å². The van der Waals surface area contributed by atoms with E-state index in [9.17, 15) is 0 Å². The first kappa shape index (κ1) is 12.8. The van der Waals surface area contributed by atoms with E-state index in [1.807, 2.05) is 11.0 Å². The number of nitrogens with two attached hydrogens (primary N) is 1. The molecule has 3 rings (SSSR count). The van der Waals surface area contributed by atoms with Crippen molar-refractivity contribution in [1.29, 1.82) is 0 Å². The van der Waals surface area contributed by atoms with E-state index in [1.165, 1.54) is 45.2 Å². The predicted molar refractivity (Wildman–Crippen MR) is 77.6 cm³/mol. The highest BCUT2D eigenvalue weighted by Gasteiger charge is 2.32. The van der Waals surface area contributed by atoms with Gasteiger partial charge in [0.1, 0.15) is 0 Å². The Morgan fingerprint density at radius 3 is 2.63 bits per heavy atom. The normalized spacial score (nSPS) is 26.8. The second kappa shape index (κ2) is 5.41. The van der Waals surface area contributed by atoms with Gasteiger partial charge in [0.05, 0.1) is 18.1 Å². The first-order chi connectivity index (χ1) is 9.24. The lowest BCUT2D eigenvalue weighted by molar-refractivity contribution is 0.167. The van der Waals surface area contributed by atoms with Gasteiger partial charge in [0.15, 0.2) is 0 Å². The molecule has 1 unspecified atom stereocenters. The van der Waals surface area contributed by atoms with Crippen molar-refractivity contribution in [2.75, 3.05) is 37.4 Å². The van der Waals surface area contributed by atoms with Crippen molar-refractivity contribution >= 4 is 5.69 Å². The fourth-order valence-corrected chi connectivity index (χ4v) is 3.56. The van der Waals surface area contributed by atoms with Crippen LogP contribution in [0.4, 0.5) is 5.69 Å². The van der Waals surface area contributed by atoms with E-state index in [1.54, 1.807) is 6.20 Å². The van der Waals surface area contributed by atoms with Crippen LogP contribution in [0.5, 0.6) is 0 Å². The number of rotatable bonds is 2. The summed E-state index contributed by atoms with van der Waals surface area (Å²) in [6, 6.07) is 0.641. The number of piperidine rings is 2. The Balaban J connectivity index is 1.73. The van der Waals surface area contributed by atoms with Gasteiger partial charge in [-0.3, -0.25) is 5.01 Å². The van der Waals surface area contributed by atoms with Gasteiger partial charge >= 0.3 is 0 Å². The van der Waals surface area contributed by atoms with Crippen LogP contribution in [-0.2, 0) is 0 Å². The maximum atomic E-state index is 5.81. The van der Waals surface area contributed by atoms with Crippen LogP contribution >= 0.6 is 0 Å². The summed E-state index contributed by atoms with van der Waals surface area (Å²) in [5.41, 5.74) is 6.57. The largest absolute Gasteiger partial charge is 0.396 e. The Morgan fingerprint density at radius 1 is 1.16 bits per heavy atom. The van der Waals surface area contributed by atoms with E-state index in [4.69, 9.17) is 5.73 Å². The summed E-state index contributed by atoms with van der Waals surface area (Å²) in [5, 5.41) is 6.85. The number of nitrogens with zero attached hydrogens (tertiary/aromatic N) is 4. The van der Waals surface area contributed by atoms with Crippen LogP contribution in [0.1, 0.15) is 32.1 Å². The molecule has 0 spiro atoms. The van der Waals surface area contributed by atoms with E-state index in [0.717, 1.165) is 18.2 Å². The van der Waals surface area contributed by atoms with E-state index in [2.05, 4.69) is 22.1 Å². The first-order valence-corrected chi connectivity index (χ1v) is 7.49. The van der Waals surface area contributed by atoms with Gasteiger partial charge in [-0.05, 0) is 58.2 Å². The number of aromatic nitrogens is 2. The number of nitrogen functional groups attached to an aromatic ring is 1. The van der Waals surface area contributed by atoms with Crippen LogP contribution in [0.3, 0.4) is 0 Å². The predicted octanol–water partition coefficient (Wildman–Crippen LogP) is 1.30. The molecule has 0 aliphatic carbocycles. The molecule has 1 atom stereocenters. The lowest BCUT2D eigenvalue weighted by Gasteiger charge is -2.43. The lowest BCUT2D eigenvalue weighted by Crippen LogP contribution is -2.52. The third-order valence-electron chi connectivity index (χ3n) is 4.68. The Kier molecular flexibility index (Phi) is 3.64. The lowest BCUT2D eigenvalue weighted by atomic mass is 9.84. The van der Waals surface area contributed by atoms with E-state index in [0.29, 0.717) is 6.04 Å². The summed E-state index contributed by atoms with van der Waals surface area (Å²) < 4.78 is 0. The summed E-state index contributed by atoms with van der Waals surface area (Å²) in [5.74, 6) is 0.807. The van der Waals surface area contributed by atoms with Crippen LogP contribution < -0.4 is 10.7 Å². The minimum absolute atomic E-state index is 0.641. The Morgan fingerprint density at radius 2 is 1.95 bits per heavy atom. The second-order valence-corrected chi connectivity index (χ2v) is 6.06. The van der Waals surface area contributed by atoms with Crippen LogP contribution in [0.15, 0.2) is 12.4 Å². The smallest absolute Gasteiger partial charge is 0.0740 e. The van der Waals surface area contributed by atoms with E-state index < -0.39 is 0 Å². The molecule has 2 aliphatic rings. The van der Waals surface area contributed by atoms with Gasteiger partial charge < -0.3 is 10.6 Å². The first-order valence-electron chi connectivity index (χ1n) is 7.49. The van der Waals surface area contributed by atoms with Crippen molar-refractivity contribution in [1.82, 2.24) is 14.8 Å². The summed E-state index contributed by atoms with van der Waals surface area (Å²) >= 11 is 0. The van der Waals surface area contributed by atoms with Crippen molar-refractivity contribution in [3.63, 3.8) is 0 Å². The van der Waals surface area contributed by atoms with Gasteiger partial charge in [0.2, 0.25) is 0 Å². The maximum Gasteiger partial charge on any atom is 0.0740 e. The topological polar surface area (TPSA) is 50.3 Å². The van der Waals surface area contributed by atoms with Gasteiger partial charge in [-0.15, -0.1) is 0 Å². The third kappa shape index (κ3) is 2.71.